The fourth-order valence-electron chi connectivity index (χ4n) is 3.44. The summed E-state index contributed by atoms with van der Waals surface area (Å²) in [6.07, 6.45) is 0. The van der Waals surface area contributed by atoms with E-state index in [9.17, 15) is 0 Å². The van der Waals surface area contributed by atoms with Crippen molar-refractivity contribution < 1.29 is 0 Å². The molecule has 1 aliphatic heterocycles. The molecule has 0 bridgehead atoms. The lowest BCUT2D eigenvalue weighted by Gasteiger charge is -2.18. The average molecular weight is 370 g/mol. The fraction of sp³-hybridized carbons (Fsp3) is 0.100. The SMILES string of the molecule is Cc1ccc2cc3c(-c4ccc(Cl)cc4Cl)c(CN)c(N)[nH]c-3c2c1. The van der Waals surface area contributed by atoms with E-state index in [4.69, 9.17) is 34.7 Å². The van der Waals surface area contributed by atoms with Crippen LogP contribution in [0.2, 0.25) is 10.0 Å². The van der Waals surface area contributed by atoms with Crippen molar-refractivity contribution >= 4 is 39.8 Å². The molecule has 2 aliphatic rings. The molecule has 0 saturated heterocycles. The molecule has 2 aromatic carbocycles. The van der Waals surface area contributed by atoms with Crippen LogP contribution in [0.3, 0.4) is 0 Å². The second-order valence-corrected chi connectivity index (χ2v) is 7.09. The summed E-state index contributed by atoms with van der Waals surface area (Å²) in [5.41, 5.74) is 18.2. The number of H-pyrrole nitrogens is 1. The minimum Gasteiger partial charge on any atom is -0.385 e. The van der Waals surface area contributed by atoms with E-state index >= 15 is 0 Å². The molecule has 2 aromatic rings. The summed E-state index contributed by atoms with van der Waals surface area (Å²) >= 11 is 12.6. The first-order valence-electron chi connectivity index (χ1n) is 7.98. The Morgan fingerprint density at radius 3 is 2.52 bits per heavy atom. The number of fused-ring (bicyclic) bond motifs is 3. The van der Waals surface area contributed by atoms with Gasteiger partial charge in [0, 0.05) is 44.2 Å². The normalized spacial score (nSPS) is 11.5. The Balaban J connectivity index is 2.14. The zero-order valence-electron chi connectivity index (χ0n) is 13.7. The van der Waals surface area contributed by atoms with Crippen molar-refractivity contribution in [2.24, 2.45) is 5.73 Å². The van der Waals surface area contributed by atoms with Crippen LogP contribution in [0.25, 0.3) is 33.2 Å². The van der Waals surface area contributed by atoms with Crippen LogP contribution in [0.1, 0.15) is 11.1 Å². The highest BCUT2D eigenvalue weighted by atomic mass is 35.5. The Labute approximate surface area is 155 Å². The summed E-state index contributed by atoms with van der Waals surface area (Å²) in [6, 6.07) is 14.0. The second kappa shape index (κ2) is 5.95. The summed E-state index contributed by atoms with van der Waals surface area (Å²) in [5.74, 6) is 0.560. The number of hydrogen-bond donors (Lipinski definition) is 3. The van der Waals surface area contributed by atoms with Crippen molar-refractivity contribution in [1.82, 2.24) is 4.98 Å². The number of aryl methyl sites for hydroxylation is 1. The molecule has 0 spiro atoms. The van der Waals surface area contributed by atoms with Crippen LogP contribution >= 0.6 is 23.2 Å². The molecule has 0 fully saturated rings. The van der Waals surface area contributed by atoms with Gasteiger partial charge in [0.05, 0.1) is 5.69 Å². The van der Waals surface area contributed by atoms with Gasteiger partial charge >= 0.3 is 0 Å². The van der Waals surface area contributed by atoms with Gasteiger partial charge in [-0.2, -0.15) is 0 Å². The third-order valence-corrected chi connectivity index (χ3v) is 5.16. The van der Waals surface area contributed by atoms with E-state index < -0.39 is 0 Å². The van der Waals surface area contributed by atoms with Gasteiger partial charge in [0.1, 0.15) is 5.82 Å². The zero-order valence-corrected chi connectivity index (χ0v) is 15.2. The molecule has 1 aliphatic carbocycles. The summed E-state index contributed by atoms with van der Waals surface area (Å²) in [6.45, 7) is 2.39. The highest BCUT2D eigenvalue weighted by molar-refractivity contribution is 6.36. The van der Waals surface area contributed by atoms with Crippen LogP contribution in [0.5, 0.6) is 0 Å². The number of benzene rings is 2. The molecule has 1 heterocycles. The first-order valence-corrected chi connectivity index (χ1v) is 8.74. The third-order valence-electron chi connectivity index (χ3n) is 4.61. The maximum Gasteiger partial charge on any atom is 0.106 e. The number of aromatic amines is 1. The van der Waals surface area contributed by atoms with Crippen molar-refractivity contribution in [2.75, 3.05) is 5.73 Å². The summed E-state index contributed by atoms with van der Waals surface area (Å²) in [4.78, 5) is 3.33. The summed E-state index contributed by atoms with van der Waals surface area (Å²) in [5, 5.41) is 3.46. The van der Waals surface area contributed by atoms with Gasteiger partial charge in [0.2, 0.25) is 0 Å². The number of rotatable bonds is 2. The Kier molecular flexibility index (Phi) is 3.88. The Morgan fingerprint density at radius 1 is 1.00 bits per heavy atom. The predicted molar refractivity (Wildman–Crippen MR) is 107 cm³/mol. The third kappa shape index (κ3) is 2.56. The van der Waals surface area contributed by atoms with Crippen LogP contribution in [0, 0.1) is 6.92 Å². The zero-order chi connectivity index (χ0) is 17.7. The van der Waals surface area contributed by atoms with Gasteiger partial charge in [-0.25, -0.2) is 0 Å². The van der Waals surface area contributed by atoms with Gasteiger partial charge < -0.3 is 16.5 Å². The molecule has 126 valence electrons. The lowest BCUT2D eigenvalue weighted by Crippen LogP contribution is -2.08. The van der Waals surface area contributed by atoms with E-state index in [-0.39, 0.29) is 0 Å². The number of nitrogen functional groups attached to an aromatic ring is 1. The van der Waals surface area contributed by atoms with Crippen molar-refractivity contribution in [3.05, 3.63) is 63.6 Å². The fourth-order valence-corrected chi connectivity index (χ4v) is 3.94. The van der Waals surface area contributed by atoms with E-state index in [0.29, 0.717) is 22.4 Å². The van der Waals surface area contributed by atoms with Gasteiger partial charge in [0.25, 0.3) is 0 Å². The van der Waals surface area contributed by atoms with Crippen molar-refractivity contribution in [3.63, 3.8) is 0 Å². The van der Waals surface area contributed by atoms with E-state index in [0.717, 1.165) is 38.7 Å². The lowest BCUT2D eigenvalue weighted by molar-refractivity contribution is 1.06. The monoisotopic (exact) mass is 369 g/mol. The van der Waals surface area contributed by atoms with Crippen LogP contribution in [0.4, 0.5) is 5.82 Å². The van der Waals surface area contributed by atoms with Crippen LogP contribution in [-0.2, 0) is 6.54 Å². The van der Waals surface area contributed by atoms with Gasteiger partial charge in [-0.3, -0.25) is 0 Å². The molecule has 5 N–H and O–H groups in total. The minimum absolute atomic E-state index is 0.313. The first kappa shape index (κ1) is 16.3. The molecule has 0 unspecified atom stereocenters. The van der Waals surface area contributed by atoms with Crippen LogP contribution in [-0.4, -0.2) is 4.98 Å². The molecule has 0 amide bonds. The maximum absolute atomic E-state index is 6.49. The van der Waals surface area contributed by atoms with Crippen molar-refractivity contribution in [3.8, 4) is 22.4 Å². The average Bonchev–Trinajstić information content (AvgIpc) is 2.92. The lowest BCUT2D eigenvalue weighted by atomic mass is 9.94. The van der Waals surface area contributed by atoms with Crippen LogP contribution < -0.4 is 11.5 Å². The number of aromatic nitrogens is 1. The van der Waals surface area contributed by atoms with Gasteiger partial charge in [-0.1, -0.05) is 47.0 Å². The maximum atomic E-state index is 6.49. The van der Waals surface area contributed by atoms with Crippen molar-refractivity contribution in [2.45, 2.75) is 13.5 Å². The van der Waals surface area contributed by atoms with Gasteiger partial charge in [0.15, 0.2) is 0 Å². The molecular formula is C20H17Cl2N3. The smallest absolute Gasteiger partial charge is 0.106 e. The highest BCUT2D eigenvalue weighted by Gasteiger charge is 2.22. The largest absolute Gasteiger partial charge is 0.385 e. The summed E-state index contributed by atoms with van der Waals surface area (Å²) < 4.78 is 0. The topological polar surface area (TPSA) is 67.8 Å². The number of pyridine rings is 1. The Hall–Kier alpha value is -2.20. The molecule has 4 rings (SSSR count). The molecule has 0 atom stereocenters. The summed E-state index contributed by atoms with van der Waals surface area (Å²) in [7, 11) is 0. The second-order valence-electron chi connectivity index (χ2n) is 6.24. The number of nitrogens with two attached hydrogens (primary N) is 2. The van der Waals surface area contributed by atoms with E-state index in [1.165, 1.54) is 5.56 Å². The molecule has 5 heteroatoms. The number of hydrogen-bond acceptors (Lipinski definition) is 2. The Morgan fingerprint density at radius 2 is 1.80 bits per heavy atom. The molecule has 0 aromatic heterocycles. The highest BCUT2D eigenvalue weighted by Crippen LogP contribution is 2.45. The quantitative estimate of drug-likeness (QED) is 0.430. The van der Waals surface area contributed by atoms with E-state index in [1.54, 1.807) is 6.07 Å². The van der Waals surface area contributed by atoms with E-state index in [2.05, 4.69) is 36.2 Å². The van der Waals surface area contributed by atoms with Crippen LogP contribution in [0.15, 0.2) is 42.5 Å². The predicted octanol–water partition coefficient (Wildman–Crippen LogP) is 5.60. The van der Waals surface area contributed by atoms with Gasteiger partial charge in [-0.05, 0) is 36.6 Å². The number of halogens is 2. The van der Waals surface area contributed by atoms with E-state index in [1.807, 2.05) is 12.1 Å². The number of anilines is 1. The molecular weight excluding hydrogens is 353 g/mol. The standard InChI is InChI=1S/C20H17Cl2N3/c1-10-2-3-11-7-15-18(13-5-4-12(21)8-17(13)22)16(9-23)20(24)25-19(15)14(11)6-10/h2-8,25H,9,23-24H2,1H3. The molecule has 3 nitrogen and oxygen atoms in total. The van der Waals surface area contributed by atoms with Crippen molar-refractivity contribution in [1.29, 1.82) is 0 Å². The minimum atomic E-state index is 0.313. The molecule has 0 radical (unpaired) electrons. The molecule has 25 heavy (non-hydrogen) atoms. The first-order chi connectivity index (χ1) is 12.0. The number of nitrogens with one attached hydrogen (secondary N) is 1. The molecule has 0 saturated carbocycles. The Bertz CT molecular complexity index is 1080. The van der Waals surface area contributed by atoms with Gasteiger partial charge in [-0.15, -0.1) is 0 Å².